The SMILES string of the molecule is Cc1ccccc1[C@@H](N)C(F)(F)F.Cl. The van der Waals surface area contributed by atoms with Crippen LogP contribution in [-0.4, -0.2) is 6.18 Å². The molecule has 80 valence electrons. The first-order valence-electron chi connectivity index (χ1n) is 3.80. The third kappa shape index (κ3) is 2.89. The van der Waals surface area contributed by atoms with Gasteiger partial charge in [-0.3, -0.25) is 0 Å². The topological polar surface area (TPSA) is 26.0 Å². The first-order chi connectivity index (χ1) is 5.93. The summed E-state index contributed by atoms with van der Waals surface area (Å²) in [7, 11) is 0. The van der Waals surface area contributed by atoms with Crippen LogP contribution in [0.15, 0.2) is 24.3 Å². The second-order valence-corrected chi connectivity index (χ2v) is 2.88. The molecule has 0 saturated heterocycles. The van der Waals surface area contributed by atoms with Crippen LogP contribution < -0.4 is 5.73 Å². The highest BCUT2D eigenvalue weighted by molar-refractivity contribution is 5.85. The van der Waals surface area contributed by atoms with E-state index in [1.54, 1.807) is 25.1 Å². The molecule has 1 rings (SSSR count). The van der Waals surface area contributed by atoms with Gasteiger partial charge < -0.3 is 5.73 Å². The number of nitrogens with two attached hydrogens (primary N) is 1. The molecule has 0 saturated carbocycles. The summed E-state index contributed by atoms with van der Waals surface area (Å²) in [6, 6.07) is 4.36. The van der Waals surface area contributed by atoms with E-state index in [1.807, 2.05) is 0 Å². The Morgan fingerprint density at radius 1 is 1.21 bits per heavy atom. The van der Waals surface area contributed by atoms with Crippen molar-refractivity contribution in [2.24, 2.45) is 5.73 Å². The Labute approximate surface area is 86.5 Å². The molecule has 0 bridgehead atoms. The molecule has 1 aromatic carbocycles. The number of rotatable bonds is 1. The predicted molar refractivity (Wildman–Crippen MR) is 51.4 cm³/mol. The van der Waals surface area contributed by atoms with Gasteiger partial charge in [0.1, 0.15) is 6.04 Å². The highest BCUT2D eigenvalue weighted by Crippen LogP contribution is 2.31. The lowest BCUT2D eigenvalue weighted by atomic mass is 10.0. The average Bonchev–Trinajstić information content (AvgIpc) is 2.02. The van der Waals surface area contributed by atoms with Gasteiger partial charge in [-0.15, -0.1) is 12.4 Å². The number of hydrogen-bond acceptors (Lipinski definition) is 1. The summed E-state index contributed by atoms with van der Waals surface area (Å²) in [6.45, 7) is 1.61. The third-order valence-corrected chi connectivity index (χ3v) is 1.88. The van der Waals surface area contributed by atoms with Gasteiger partial charge in [0.2, 0.25) is 0 Å². The zero-order valence-electron chi connectivity index (χ0n) is 7.51. The minimum Gasteiger partial charge on any atom is -0.316 e. The zero-order valence-corrected chi connectivity index (χ0v) is 8.32. The largest absolute Gasteiger partial charge is 0.407 e. The van der Waals surface area contributed by atoms with Gasteiger partial charge in [-0.25, -0.2) is 0 Å². The summed E-state index contributed by atoms with van der Waals surface area (Å²) in [5.41, 5.74) is 5.74. The lowest BCUT2D eigenvalue weighted by Gasteiger charge is -2.17. The van der Waals surface area contributed by atoms with Gasteiger partial charge in [0, 0.05) is 0 Å². The molecule has 1 aromatic rings. The molecular formula is C9H11ClF3N. The standard InChI is InChI=1S/C9H10F3N.ClH/c1-6-4-2-3-5-7(6)8(13)9(10,11)12;/h2-5,8H,13H2,1H3;1H/t8-;/m1./s1. The molecule has 2 N–H and O–H groups in total. The van der Waals surface area contributed by atoms with Crippen molar-refractivity contribution in [2.75, 3.05) is 0 Å². The van der Waals surface area contributed by atoms with Crippen molar-refractivity contribution < 1.29 is 13.2 Å². The molecule has 0 aliphatic heterocycles. The maximum atomic E-state index is 12.2. The normalized spacial score (nSPS) is 13.2. The van der Waals surface area contributed by atoms with Crippen molar-refractivity contribution in [2.45, 2.75) is 19.1 Å². The predicted octanol–water partition coefficient (Wildman–Crippen LogP) is 2.98. The Morgan fingerprint density at radius 2 is 1.71 bits per heavy atom. The number of halogens is 4. The van der Waals surface area contributed by atoms with Gasteiger partial charge >= 0.3 is 6.18 Å². The number of hydrogen-bond donors (Lipinski definition) is 1. The molecule has 0 aliphatic carbocycles. The van der Waals surface area contributed by atoms with Crippen LogP contribution in [0.25, 0.3) is 0 Å². The molecule has 0 unspecified atom stereocenters. The van der Waals surface area contributed by atoms with Crippen LogP contribution >= 0.6 is 12.4 Å². The zero-order chi connectivity index (χ0) is 10.1. The third-order valence-electron chi connectivity index (χ3n) is 1.88. The lowest BCUT2D eigenvalue weighted by Crippen LogP contribution is -2.29. The Balaban J connectivity index is 0.00000169. The van der Waals surface area contributed by atoms with Gasteiger partial charge in [-0.2, -0.15) is 13.2 Å². The molecule has 0 spiro atoms. The van der Waals surface area contributed by atoms with Crippen LogP contribution in [-0.2, 0) is 0 Å². The van der Waals surface area contributed by atoms with Crippen molar-refractivity contribution in [3.8, 4) is 0 Å². The van der Waals surface area contributed by atoms with Crippen LogP contribution in [0.3, 0.4) is 0 Å². The van der Waals surface area contributed by atoms with E-state index in [9.17, 15) is 13.2 Å². The molecule has 0 radical (unpaired) electrons. The molecule has 0 aliphatic rings. The summed E-state index contributed by atoms with van der Waals surface area (Å²) >= 11 is 0. The summed E-state index contributed by atoms with van der Waals surface area (Å²) in [6.07, 6.45) is -4.37. The van der Waals surface area contributed by atoms with Crippen molar-refractivity contribution in [3.05, 3.63) is 35.4 Å². The quantitative estimate of drug-likeness (QED) is 0.781. The van der Waals surface area contributed by atoms with E-state index in [1.165, 1.54) is 6.07 Å². The van der Waals surface area contributed by atoms with E-state index in [2.05, 4.69) is 0 Å². The fourth-order valence-electron chi connectivity index (χ4n) is 1.11. The summed E-state index contributed by atoms with van der Waals surface area (Å²) in [5.74, 6) is 0. The fourth-order valence-corrected chi connectivity index (χ4v) is 1.11. The Bertz CT molecular complexity index is 298. The van der Waals surface area contributed by atoms with Crippen LogP contribution in [0.4, 0.5) is 13.2 Å². The number of alkyl halides is 3. The van der Waals surface area contributed by atoms with Gasteiger partial charge in [-0.1, -0.05) is 24.3 Å². The van der Waals surface area contributed by atoms with Crippen LogP contribution in [0, 0.1) is 6.92 Å². The number of benzene rings is 1. The van der Waals surface area contributed by atoms with E-state index >= 15 is 0 Å². The molecule has 0 heterocycles. The molecule has 0 aromatic heterocycles. The Kier molecular flexibility index (Phi) is 4.42. The van der Waals surface area contributed by atoms with Crippen molar-refractivity contribution >= 4 is 12.4 Å². The minimum atomic E-state index is -4.37. The van der Waals surface area contributed by atoms with Crippen LogP contribution in [0.5, 0.6) is 0 Å². The van der Waals surface area contributed by atoms with E-state index in [0.717, 1.165) is 0 Å². The average molecular weight is 226 g/mol. The van der Waals surface area contributed by atoms with Crippen molar-refractivity contribution in [1.29, 1.82) is 0 Å². The van der Waals surface area contributed by atoms with Gasteiger partial charge in [0.25, 0.3) is 0 Å². The molecule has 0 amide bonds. The maximum Gasteiger partial charge on any atom is 0.407 e. The first-order valence-corrected chi connectivity index (χ1v) is 3.80. The fraction of sp³-hybridized carbons (Fsp3) is 0.333. The second-order valence-electron chi connectivity index (χ2n) is 2.88. The Morgan fingerprint density at radius 3 is 2.14 bits per heavy atom. The van der Waals surface area contributed by atoms with Crippen molar-refractivity contribution in [1.82, 2.24) is 0 Å². The summed E-state index contributed by atoms with van der Waals surface area (Å²) in [5, 5.41) is 0. The van der Waals surface area contributed by atoms with Crippen LogP contribution in [0.2, 0.25) is 0 Å². The van der Waals surface area contributed by atoms with Crippen molar-refractivity contribution in [3.63, 3.8) is 0 Å². The second kappa shape index (κ2) is 4.66. The maximum absolute atomic E-state index is 12.2. The van der Waals surface area contributed by atoms with Gasteiger partial charge in [0.15, 0.2) is 0 Å². The first kappa shape index (κ1) is 13.3. The summed E-state index contributed by atoms with van der Waals surface area (Å²) in [4.78, 5) is 0. The van der Waals surface area contributed by atoms with Gasteiger partial charge in [0.05, 0.1) is 0 Å². The van der Waals surface area contributed by atoms with E-state index < -0.39 is 12.2 Å². The minimum absolute atomic E-state index is 0. The molecular weight excluding hydrogens is 215 g/mol. The summed E-state index contributed by atoms with van der Waals surface area (Å²) < 4.78 is 36.6. The van der Waals surface area contributed by atoms with E-state index in [-0.39, 0.29) is 18.0 Å². The molecule has 1 atom stereocenters. The molecule has 14 heavy (non-hydrogen) atoms. The van der Waals surface area contributed by atoms with E-state index in [4.69, 9.17) is 5.73 Å². The molecule has 5 heteroatoms. The number of aryl methyl sites for hydroxylation is 1. The van der Waals surface area contributed by atoms with Gasteiger partial charge in [-0.05, 0) is 18.1 Å². The Hall–Kier alpha value is -0.740. The monoisotopic (exact) mass is 225 g/mol. The van der Waals surface area contributed by atoms with E-state index in [0.29, 0.717) is 5.56 Å². The highest BCUT2D eigenvalue weighted by atomic mass is 35.5. The molecule has 1 nitrogen and oxygen atoms in total. The lowest BCUT2D eigenvalue weighted by molar-refractivity contribution is -0.149. The highest BCUT2D eigenvalue weighted by Gasteiger charge is 2.38. The van der Waals surface area contributed by atoms with Crippen LogP contribution in [0.1, 0.15) is 17.2 Å². The molecule has 0 fully saturated rings. The smallest absolute Gasteiger partial charge is 0.316 e.